The second-order valence-electron chi connectivity index (χ2n) is 5.05. The summed E-state index contributed by atoms with van der Waals surface area (Å²) < 4.78 is 12.7. The smallest absolute Gasteiger partial charge is 0.155 e. The van der Waals surface area contributed by atoms with Crippen molar-refractivity contribution in [2.24, 2.45) is 11.1 Å². The minimum Gasteiger partial charge on any atom is -0.321 e. The van der Waals surface area contributed by atoms with Gasteiger partial charge in [0, 0.05) is 5.41 Å². The maximum atomic E-state index is 12.7. The summed E-state index contributed by atoms with van der Waals surface area (Å²) in [4.78, 5) is 11.8. The number of benzene rings is 1. The Bertz CT molecular complexity index is 365. The van der Waals surface area contributed by atoms with Crippen LogP contribution in [0.5, 0.6) is 0 Å². The molecule has 0 aliphatic rings. The summed E-state index contributed by atoms with van der Waals surface area (Å²) in [5.74, 6) is -0.253. The lowest BCUT2D eigenvalue weighted by Gasteiger charge is -2.21. The third-order valence-corrected chi connectivity index (χ3v) is 2.44. The van der Waals surface area contributed by atoms with Gasteiger partial charge in [-0.1, -0.05) is 32.9 Å². The van der Waals surface area contributed by atoms with Crippen LogP contribution in [0.1, 0.15) is 26.3 Å². The normalized spacial score (nSPS) is 13.6. The number of carbonyl (C=O) groups is 1. The molecular weight excluding hydrogens is 205 g/mol. The molecular formula is C13H18FNO. The molecule has 0 bridgehead atoms. The van der Waals surface area contributed by atoms with Crippen molar-refractivity contribution in [1.82, 2.24) is 0 Å². The zero-order valence-electron chi connectivity index (χ0n) is 9.96. The van der Waals surface area contributed by atoms with Crippen molar-refractivity contribution in [2.45, 2.75) is 33.2 Å². The van der Waals surface area contributed by atoms with Crippen LogP contribution in [-0.2, 0) is 11.2 Å². The number of rotatable bonds is 3. The summed E-state index contributed by atoms with van der Waals surface area (Å²) in [5.41, 5.74) is 6.28. The van der Waals surface area contributed by atoms with E-state index in [1.165, 1.54) is 12.1 Å². The van der Waals surface area contributed by atoms with Crippen molar-refractivity contribution in [1.29, 1.82) is 0 Å². The van der Waals surface area contributed by atoms with Gasteiger partial charge in [-0.25, -0.2) is 4.39 Å². The molecule has 0 aliphatic heterocycles. The van der Waals surface area contributed by atoms with Gasteiger partial charge in [0.1, 0.15) is 5.82 Å². The van der Waals surface area contributed by atoms with Gasteiger partial charge in [0.2, 0.25) is 0 Å². The summed E-state index contributed by atoms with van der Waals surface area (Å²) >= 11 is 0. The topological polar surface area (TPSA) is 43.1 Å². The van der Waals surface area contributed by atoms with E-state index in [1.807, 2.05) is 20.8 Å². The lowest BCUT2D eigenvalue weighted by molar-refractivity contribution is -0.127. The van der Waals surface area contributed by atoms with Crippen molar-refractivity contribution in [2.75, 3.05) is 0 Å². The van der Waals surface area contributed by atoms with Crippen LogP contribution in [0.2, 0.25) is 0 Å². The first-order valence-corrected chi connectivity index (χ1v) is 5.35. The molecule has 0 saturated carbocycles. The molecule has 1 aromatic carbocycles. The summed E-state index contributed by atoms with van der Waals surface area (Å²) in [7, 11) is 0. The average Bonchev–Trinajstić information content (AvgIpc) is 2.19. The Labute approximate surface area is 95.7 Å². The van der Waals surface area contributed by atoms with Crippen LogP contribution >= 0.6 is 0 Å². The maximum Gasteiger partial charge on any atom is 0.155 e. The Morgan fingerprint density at radius 3 is 2.25 bits per heavy atom. The Hall–Kier alpha value is -1.22. The summed E-state index contributed by atoms with van der Waals surface area (Å²) in [6.45, 7) is 5.54. The lowest BCUT2D eigenvalue weighted by atomic mass is 9.85. The van der Waals surface area contributed by atoms with Crippen molar-refractivity contribution < 1.29 is 9.18 Å². The molecule has 1 aromatic rings. The van der Waals surface area contributed by atoms with E-state index in [0.29, 0.717) is 6.42 Å². The number of hydrogen-bond acceptors (Lipinski definition) is 2. The molecule has 3 heteroatoms. The first kappa shape index (κ1) is 12.8. The van der Waals surface area contributed by atoms with E-state index in [0.717, 1.165) is 5.56 Å². The molecule has 2 N–H and O–H groups in total. The molecule has 0 fully saturated rings. The number of carbonyl (C=O) groups excluding carboxylic acids is 1. The van der Waals surface area contributed by atoms with Gasteiger partial charge in [-0.2, -0.15) is 0 Å². The minimum absolute atomic E-state index is 0.0248. The number of Topliss-reactive ketones (excluding diaryl/α,β-unsaturated/α-hetero) is 1. The molecule has 0 aliphatic carbocycles. The first-order valence-electron chi connectivity index (χ1n) is 5.35. The van der Waals surface area contributed by atoms with Crippen LogP contribution in [-0.4, -0.2) is 11.8 Å². The Balaban J connectivity index is 2.68. The summed E-state index contributed by atoms with van der Waals surface area (Å²) in [6, 6.07) is 5.55. The van der Waals surface area contributed by atoms with Crippen LogP contribution in [0.25, 0.3) is 0 Å². The molecule has 0 saturated heterocycles. The predicted molar refractivity (Wildman–Crippen MR) is 62.5 cm³/mol. The highest BCUT2D eigenvalue weighted by molar-refractivity contribution is 5.88. The van der Waals surface area contributed by atoms with E-state index in [9.17, 15) is 9.18 Å². The van der Waals surface area contributed by atoms with E-state index < -0.39 is 11.5 Å². The van der Waals surface area contributed by atoms with Gasteiger partial charge < -0.3 is 5.73 Å². The molecule has 0 spiro atoms. The van der Waals surface area contributed by atoms with Gasteiger partial charge in [-0.05, 0) is 24.1 Å². The monoisotopic (exact) mass is 223 g/mol. The average molecular weight is 223 g/mol. The number of hydrogen-bond donors (Lipinski definition) is 1. The Kier molecular flexibility index (Phi) is 3.81. The molecule has 0 aromatic heterocycles. The quantitative estimate of drug-likeness (QED) is 0.854. The van der Waals surface area contributed by atoms with E-state index in [1.54, 1.807) is 12.1 Å². The van der Waals surface area contributed by atoms with Gasteiger partial charge in [0.15, 0.2) is 5.78 Å². The van der Waals surface area contributed by atoms with E-state index in [4.69, 9.17) is 5.73 Å². The highest BCUT2D eigenvalue weighted by Gasteiger charge is 2.26. The van der Waals surface area contributed by atoms with E-state index >= 15 is 0 Å². The molecule has 1 unspecified atom stereocenters. The number of ketones is 1. The molecule has 1 atom stereocenters. The van der Waals surface area contributed by atoms with Gasteiger partial charge in [0.05, 0.1) is 6.04 Å². The van der Waals surface area contributed by atoms with Gasteiger partial charge >= 0.3 is 0 Å². The molecule has 2 nitrogen and oxygen atoms in total. The summed E-state index contributed by atoms with van der Waals surface area (Å²) in [5, 5.41) is 0. The third-order valence-electron chi connectivity index (χ3n) is 2.44. The fourth-order valence-electron chi connectivity index (χ4n) is 1.52. The van der Waals surface area contributed by atoms with Crippen LogP contribution in [0.4, 0.5) is 4.39 Å². The van der Waals surface area contributed by atoms with Crippen molar-refractivity contribution in [3.05, 3.63) is 35.6 Å². The van der Waals surface area contributed by atoms with Crippen LogP contribution in [0.15, 0.2) is 24.3 Å². The third kappa shape index (κ3) is 3.42. The van der Waals surface area contributed by atoms with Crippen molar-refractivity contribution in [3.63, 3.8) is 0 Å². The standard InChI is InChI=1S/C13H18FNO/c1-13(2,3)12(16)11(15)8-9-4-6-10(14)7-5-9/h4-7,11H,8,15H2,1-3H3. The van der Waals surface area contributed by atoms with Gasteiger partial charge in [0.25, 0.3) is 0 Å². The van der Waals surface area contributed by atoms with Gasteiger partial charge in [-0.15, -0.1) is 0 Å². The largest absolute Gasteiger partial charge is 0.321 e. The van der Waals surface area contributed by atoms with Crippen LogP contribution < -0.4 is 5.73 Å². The van der Waals surface area contributed by atoms with E-state index in [-0.39, 0.29) is 11.6 Å². The number of halogens is 1. The van der Waals surface area contributed by atoms with Crippen molar-refractivity contribution >= 4 is 5.78 Å². The molecule has 0 heterocycles. The zero-order valence-corrected chi connectivity index (χ0v) is 9.96. The minimum atomic E-state index is -0.523. The zero-order chi connectivity index (χ0) is 12.3. The fourth-order valence-corrected chi connectivity index (χ4v) is 1.52. The molecule has 1 rings (SSSR count). The molecule has 0 radical (unpaired) electrons. The molecule has 16 heavy (non-hydrogen) atoms. The first-order chi connectivity index (χ1) is 7.30. The maximum absolute atomic E-state index is 12.7. The second kappa shape index (κ2) is 4.74. The SMILES string of the molecule is CC(C)(C)C(=O)C(N)Cc1ccc(F)cc1. The fraction of sp³-hybridized carbons (Fsp3) is 0.462. The highest BCUT2D eigenvalue weighted by atomic mass is 19.1. The highest BCUT2D eigenvalue weighted by Crippen LogP contribution is 2.18. The Morgan fingerprint density at radius 2 is 1.81 bits per heavy atom. The molecule has 0 amide bonds. The van der Waals surface area contributed by atoms with E-state index in [2.05, 4.69) is 0 Å². The van der Waals surface area contributed by atoms with Crippen LogP contribution in [0.3, 0.4) is 0 Å². The predicted octanol–water partition coefficient (Wildman–Crippen LogP) is 2.31. The number of nitrogens with two attached hydrogens (primary N) is 1. The van der Waals surface area contributed by atoms with Gasteiger partial charge in [-0.3, -0.25) is 4.79 Å². The lowest BCUT2D eigenvalue weighted by Crippen LogP contribution is -2.40. The Morgan fingerprint density at radius 1 is 1.31 bits per heavy atom. The van der Waals surface area contributed by atoms with Crippen molar-refractivity contribution in [3.8, 4) is 0 Å². The summed E-state index contributed by atoms with van der Waals surface area (Å²) in [6.07, 6.45) is 0.455. The molecule has 88 valence electrons. The second-order valence-corrected chi connectivity index (χ2v) is 5.05. The van der Waals surface area contributed by atoms with Crippen LogP contribution in [0, 0.1) is 11.2 Å².